The van der Waals surface area contributed by atoms with Crippen molar-refractivity contribution in [1.29, 1.82) is 0 Å². The average Bonchev–Trinajstić information content (AvgIpc) is 2.76. The van der Waals surface area contributed by atoms with E-state index >= 15 is 0 Å². The number of hydrogen-bond acceptors (Lipinski definition) is 7. The Bertz CT molecular complexity index is 966. The maximum Gasteiger partial charge on any atom is 0.410 e. The van der Waals surface area contributed by atoms with E-state index in [9.17, 15) is 4.79 Å². The van der Waals surface area contributed by atoms with Gasteiger partial charge in [0.05, 0.1) is 32.4 Å². The van der Waals surface area contributed by atoms with E-state index in [-0.39, 0.29) is 31.9 Å². The number of ether oxygens (including phenoxy) is 6. The zero-order chi connectivity index (χ0) is 23.0. The fourth-order valence-corrected chi connectivity index (χ4v) is 4.09. The molecule has 0 aromatic heterocycles. The summed E-state index contributed by atoms with van der Waals surface area (Å²) in [6.45, 7) is 8.08. The molecular weight excluding hydrogens is 426 g/mol. The maximum absolute atomic E-state index is 12.3. The van der Waals surface area contributed by atoms with Crippen molar-refractivity contribution >= 4 is 6.09 Å². The molecule has 2 aromatic carbocycles. The highest BCUT2D eigenvalue weighted by atomic mass is 16.7. The van der Waals surface area contributed by atoms with Crippen LogP contribution in [0, 0.1) is 0 Å². The lowest BCUT2D eigenvalue weighted by atomic mass is 9.96. The predicted molar refractivity (Wildman–Crippen MR) is 118 cm³/mol. The molecule has 8 heteroatoms. The van der Waals surface area contributed by atoms with Crippen LogP contribution in [0.1, 0.15) is 49.1 Å². The fourth-order valence-electron chi connectivity index (χ4n) is 4.09. The third-order valence-corrected chi connectivity index (χ3v) is 5.71. The SMILES string of the molecule is CC(C)(C)OC(=O)N1CC(OC(c2ccc3c(c2)COCO3)c2ccc3c(c2)COCO3)C1. The molecule has 1 amide bonds. The van der Waals surface area contributed by atoms with E-state index < -0.39 is 5.60 Å². The lowest BCUT2D eigenvalue weighted by Gasteiger charge is -2.41. The Morgan fingerprint density at radius 1 is 0.939 bits per heavy atom. The van der Waals surface area contributed by atoms with E-state index in [1.165, 1.54) is 0 Å². The lowest BCUT2D eigenvalue weighted by Crippen LogP contribution is -2.56. The summed E-state index contributed by atoms with van der Waals surface area (Å²) in [5.74, 6) is 1.66. The molecule has 0 saturated carbocycles. The summed E-state index contributed by atoms with van der Waals surface area (Å²) in [5, 5.41) is 0. The van der Waals surface area contributed by atoms with Gasteiger partial charge in [0.2, 0.25) is 0 Å². The molecular formula is C25H29NO7. The molecule has 8 nitrogen and oxygen atoms in total. The van der Waals surface area contributed by atoms with E-state index in [1.807, 2.05) is 45.0 Å². The summed E-state index contributed by atoms with van der Waals surface area (Å²) in [5.41, 5.74) is 3.45. The minimum atomic E-state index is -0.522. The van der Waals surface area contributed by atoms with Crippen LogP contribution >= 0.6 is 0 Å². The zero-order valence-electron chi connectivity index (χ0n) is 19.2. The molecule has 176 valence electrons. The predicted octanol–water partition coefficient (Wildman–Crippen LogP) is 4.14. The van der Waals surface area contributed by atoms with E-state index in [0.29, 0.717) is 26.3 Å². The van der Waals surface area contributed by atoms with E-state index in [2.05, 4.69) is 12.1 Å². The molecule has 0 bridgehead atoms. The van der Waals surface area contributed by atoms with Crippen molar-refractivity contribution < 1.29 is 33.2 Å². The van der Waals surface area contributed by atoms with Gasteiger partial charge in [0.1, 0.15) is 23.2 Å². The zero-order valence-corrected chi connectivity index (χ0v) is 19.2. The van der Waals surface area contributed by atoms with Crippen LogP contribution in [0.25, 0.3) is 0 Å². The van der Waals surface area contributed by atoms with Gasteiger partial charge in [0.15, 0.2) is 13.6 Å². The summed E-state index contributed by atoms with van der Waals surface area (Å²) in [6.07, 6.45) is -0.741. The lowest BCUT2D eigenvalue weighted by molar-refractivity contribution is -0.0840. The highest BCUT2D eigenvalue weighted by Crippen LogP contribution is 2.36. The van der Waals surface area contributed by atoms with Crippen LogP contribution in [-0.2, 0) is 32.2 Å². The van der Waals surface area contributed by atoms with Gasteiger partial charge in [-0.15, -0.1) is 0 Å². The minimum Gasteiger partial charge on any atom is -0.467 e. The first kappa shape index (κ1) is 22.0. The van der Waals surface area contributed by atoms with Crippen molar-refractivity contribution in [3.63, 3.8) is 0 Å². The normalized spacial score (nSPS) is 18.0. The smallest absolute Gasteiger partial charge is 0.410 e. The number of amides is 1. The molecule has 0 N–H and O–H groups in total. The van der Waals surface area contributed by atoms with E-state index in [4.69, 9.17) is 28.4 Å². The van der Waals surface area contributed by atoms with Crippen molar-refractivity contribution in [2.24, 2.45) is 0 Å². The molecule has 1 saturated heterocycles. The Labute approximate surface area is 193 Å². The first-order valence-corrected chi connectivity index (χ1v) is 11.2. The highest BCUT2D eigenvalue weighted by Gasteiger charge is 2.36. The number of benzene rings is 2. The molecule has 0 aliphatic carbocycles. The van der Waals surface area contributed by atoms with Crippen molar-refractivity contribution in [2.45, 2.75) is 51.8 Å². The van der Waals surface area contributed by atoms with Crippen LogP contribution < -0.4 is 9.47 Å². The number of hydrogen-bond donors (Lipinski definition) is 0. The van der Waals surface area contributed by atoms with Gasteiger partial charge < -0.3 is 33.3 Å². The molecule has 3 aliphatic heterocycles. The van der Waals surface area contributed by atoms with Gasteiger partial charge in [-0.1, -0.05) is 12.1 Å². The second-order valence-electron chi connectivity index (χ2n) is 9.48. The summed E-state index contributed by atoms with van der Waals surface area (Å²) in [4.78, 5) is 14.0. The third kappa shape index (κ3) is 4.93. The van der Waals surface area contributed by atoms with Gasteiger partial charge in [-0.2, -0.15) is 0 Å². The van der Waals surface area contributed by atoms with Gasteiger partial charge in [-0.3, -0.25) is 0 Å². The largest absolute Gasteiger partial charge is 0.467 e. The maximum atomic E-state index is 12.3. The first-order chi connectivity index (χ1) is 15.9. The molecule has 0 radical (unpaired) electrons. The molecule has 2 aromatic rings. The molecule has 3 heterocycles. The number of rotatable bonds is 4. The Balaban J connectivity index is 1.37. The number of likely N-dealkylation sites (tertiary alicyclic amines) is 1. The van der Waals surface area contributed by atoms with Crippen molar-refractivity contribution in [2.75, 3.05) is 26.7 Å². The van der Waals surface area contributed by atoms with Crippen LogP contribution in [0.3, 0.4) is 0 Å². The summed E-state index contributed by atoms with van der Waals surface area (Å²) in [7, 11) is 0. The molecule has 0 unspecified atom stereocenters. The van der Waals surface area contributed by atoms with Gasteiger partial charge in [-0.25, -0.2) is 4.79 Å². The molecule has 0 spiro atoms. The molecule has 3 aliphatic rings. The second-order valence-corrected chi connectivity index (χ2v) is 9.48. The second kappa shape index (κ2) is 8.85. The molecule has 1 fully saturated rings. The number of nitrogens with zero attached hydrogens (tertiary/aromatic N) is 1. The highest BCUT2D eigenvalue weighted by molar-refractivity contribution is 5.69. The summed E-state index contributed by atoms with van der Waals surface area (Å²) in [6, 6.07) is 12.1. The number of carbonyl (C=O) groups excluding carboxylic acids is 1. The summed E-state index contributed by atoms with van der Waals surface area (Å²) < 4.78 is 34.1. The topological polar surface area (TPSA) is 75.7 Å². The third-order valence-electron chi connectivity index (χ3n) is 5.71. The molecule has 5 rings (SSSR count). The summed E-state index contributed by atoms with van der Waals surface area (Å²) >= 11 is 0. The van der Waals surface area contributed by atoms with Crippen LogP contribution in [0.2, 0.25) is 0 Å². The van der Waals surface area contributed by atoms with Crippen molar-refractivity contribution in [3.05, 3.63) is 58.7 Å². The Morgan fingerprint density at radius 2 is 1.48 bits per heavy atom. The van der Waals surface area contributed by atoms with Crippen LogP contribution in [0.4, 0.5) is 4.79 Å². The number of carbonyl (C=O) groups is 1. The van der Waals surface area contributed by atoms with Gasteiger partial charge in [0, 0.05) is 11.1 Å². The van der Waals surface area contributed by atoms with Crippen molar-refractivity contribution in [1.82, 2.24) is 4.90 Å². The standard InChI is InChI=1S/C25H29NO7/c1-25(2,3)33-24(27)26-10-20(11-26)32-23(16-4-6-21-18(8-16)12-28-14-30-21)17-5-7-22-19(9-17)13-29-15-31-22/h4-9,20,23H,10-15H2,1-3H3. The minimum absolute atomic E-state index is 0.102. The average molecular weight is 456 g/mol. The van der Waals surface area contributed by atoms with Gasteiger partial charge >= 0.3 is 6.09 Å². The van der Waals surface area contributed by atoms with Crippen molar-refractivity contribution in [3.8, 4) is 11.5 Å². The first-order valence-electron chi connectivity index (χ1n) is 11.2. The monoisotopic (exact) mass is 455 g/mol. The Kier molecular flexibility index (Phi) is 5.90. The van der Waals surface area contributed by atoms with Crippen LogP contribution in [0.5, 0.6) is 11.5 Å². The Hall–Kier alpha value is -2.81. The van der Waals surface area contributed by atoms with E-state index in [0.717, 1.165) is 33.8 Å². The Morgan fingerprint density at radius 3 is 2.00 bits per heavy atom. The van der Waals surface area contributed by atoms with Gasteiger partial charge in [-0.05, 0) is 56.2 Å². The number of fused-ring (bicyclic) bond motifs is 2. The molecule has 33 heavy (non-hydrogen) atoms. The van der Waals surface area contributed by atoms with E-state index in [1.54, 1.807) is 4.90 Å². The quantitative estimate of drug-likeness (QED) is 0.686. The fraction of sp³-hybridized carbons (Fsp3) is 0.480. The molecule has 0 atom stereocenters. The van der Waals surface area contributed by atoms with Crippen LogP contribution in [-0.4, -0.2) is 49.4 Å². The van der Waals surface area contributed by atoms with Crippen LogP contribution in [0.15, 0.2) is 36.4 Å². The van der Waals surface area contributed by atoms with Gasteiger partial charge in [0.25, 0.3) is 0 Å².